The Bertz CT molecular complexity index is 681. The van der Waals surface area contributed by atoms with Crippen LogP contribution in [0.25, 0.3) is 11.4 Å². The van der Waals surface area contributed by atoms with Crippen LogP contribution in [0.1, 0.15) is 12.8 Å². The zero-order chi connectivity index (χ0) is 16.1. The second-order valence-electron chi connectivity index (χ2n) is 5.34. The van der Waals surface area contributed by atoms with E-state index in [0.29, 0.717) is 18.3 Å². The molecule has 0 unspecified atom stereocenters. The molecule has 0 atom stereocenters. The summed E-state index contributed by atoms with van der Waals surface area (Å²) < 4.78 is 4.95. The van der Waals surface area contributed by atoms with Gasteiger partial charge in [0.05, 0.1) is 6.54 Å². The Morgan fingerprint density at radius 2 is 1.96 bits per heavy atom. The number of urea groups is 1. The average Bonchev–Trinajstić information content (AvgIpc) is 3.29. The van der Waals surface area contributed by atoms with Crippen molar-refractivity contribution >= 4 is 18.0 Å². The first-order chi connectivity index (χ1) is 11.2. The highest BCUT2D eigenvalue weighted by Crippen LogP contribution is 2.27. The molecule has 0 radical (unpaired) electrons. The van der Waals surface area contributed by atoms with Crippen LogP contribution in [-0.4, -0.2) is 35.2 Å². The lowest BCUT2D eigenvalue weighted by Gasteiger charge is -2.05. The number of anilines is 1. The van der Waals surface area contributed by atoms with Crippen molar-refractivity contribution in [1.29, 1.82) is 0 Å². The van der Waals surface area contributed by atoms with Crippen LogP contribution in [0, 0.1) is 5.92 Å². The van der Waals surface area contributed by atoms with Crippen LogP contribution in [0.5, 0.6) is 0 Å². The summed E-state index contributed by atoms with van der Waals surface area (Å²) in [5, 5.41) is 11.4. The lowest BCUT2D eigenvalue weighted by Crippen LogP contribution is -2.39. The fraction of sp³-hybridized carbons (Fsp3) is 0.333. The molecule has 3 rings (SSSR count). The maximum atomic E-state index is 11.7. The summed E-state index contributed by atoms with van der Waals surface area (Å²) in [6.07, 6.45) is 2.32. The first-order valence-electron chi connectivity index (χ1n) is 7.41. The van der Waals surface area contributed by atoms with Crippen LogP contribution in [0.4, 0.5) is 10.8 Å². The molecule has 2 aromatic rings. The molecule has 8 heteroatoms. The summed E-state index contributed by atoms with van der Waals surface area (Å²) >= 11 is 0. The number of benzene rings is 1. The minimum Gasteiger partial charge on any atom is -0.354 e. The molecule has 1 heterocycles. The molecule has 120 valence electrons. The van der Waals surface area contributed by atoms with Gasteiger partial charge in [0.25, 0.3) is 0 Å². The van der Waals surface area contributed by atoms with Crippen molar-refractivity contribution in [2.75, 3.05) is 18.4 Å². The van der Waals surface area contributed by atoms with E-state index in [2.05, 4.69) is 26.1 Å². The summed E-state index contributed by atoms with van der Waals surface area (Å²) in [5.74, 6) is 0.758. The Morgan fingerprint density at radius 1 is 1.17 bits per heavy atom. The van der Waals surface area contributed by atoms with Gasteiger partial charge in [0.2, 0.25) is 11.7 Å². The number of nitrogens with zero attached hydrogens (tertiary/aromatic N) is 2. The molecule has 23 heavy (non-hydrogen) atoms. The highest BCUT2D eigenvalue weighted by Gasteiger charge is 2.21. The van der Waals surface area contributed by atoms with Crippen LogP contribution in [0.3, 0.4) is 0 Å². The van der Waals surface area contributed by atoms with Gasteiger partial charge in [-0.2, -0.15) is 4.98 Å². The Labute approximate surface area is 132 Å². The van der Waals surface area contributed by atoms with Gasteiger partial charge in [-0.15, -0.1) is 0 Å². The van der Waals surface area contributed by atoms with Crippen LogP contribution < -0.4 is 16.0 Å². The van der Waals surface area contributed by atoms with E-state index in [9.17, 15) is 9.59 Å². The summed E-state index contributed by atoms with van der Waals surface area (Å²) in [7, 11) is 0. The van der Waals surface area contributed by atoms with E-state index in [1.54, 1.807) is 0 Å². The van der Waals surface area contributed by atoms with Gasteiger partial charge in [-0.25, -0.2) is 4.79 Å². The number of hydrogen-bond acceptors (Lipinski definition) is 5. The van der Waals surface area contributed by atoms with Crippen molar-refractivity contribution < 1.29 is 14.1 Å². The van der Waals surface area contributed by atoms with E-state index in [1.165, 1.54) is 0 Å². The van der Waals surface area contributed by atoms with Gasteiger partial charge in [-0.3, -0.25) is 10.1 Å². The molecule has 1 aromatic heterocycles. The fourth-order valence-corrected chi connectivity index (χ4v) is 1.92. The lowest BCUT2D eigenvalue weighted by atomic mass is 10.2. The predicted octanol–water partition coefficient (Wildman–Crippen LogP) is 1.38. The molecule has 3 N–H and O–H groups in total. The van der Waals surface area contributed by atoms with Gasteiger partial charge in [0.15, 0.2) is 0 Å². The third-order valence-corrected chi connectivity index (χ3v) is 3.37. The van der Waals surface area contributed by atoms with Crippen molar-refractivity contribution in [3.63, 3.8) is 0 Å². The number of aromatic nitrogens is 2. The second-order valence-corrected chi connectivity index (χ2v) is 5.34. The molecule has 8 nitrogen and oxygen atoms in total. The van der Waals surface area contributed by atoms with E-state index in [1.807, 2.05) is 30.3 Å². The molecule has 0 spiro atoms. The minimum atomic E-state index is -0.574. The van der Waals surface area contributed by atoms with Gasteiger partial charge in [-0.05, 0) is 18.8 Å². The highest BCUT2D eigenvalue weighted by molar-refractivity contribution is 5.90. The van der Waals surface area contributed by atoms with Gasteiger partial charge in [0, 0.05) is 12.1 Å². The topological polar surface area (TPSA) is 109 Å². The molecule has 0 bridgehead atoms. The van der Waals surface area contributed by atoms with Gasteiger partial charge in [-0.1, -0.05) is 35.5 Å². The molecular formula is C15H17N5O3. The molecule has 0 aliphatic heterocycles. The van der Waals surface area contributed by atoms with E-state index < -0.39 is 6.03 Å². The van der Waals surface area contributed by atoms with E-state index in [-0.39, 0.29) is 18.5 Å². The van der Waals surface area contributed by atoms with Gasteiger partial charge >= 0.3 is 12.0 Å². The Hall–Kier alpha value is -2.90. The highest BCUT2D eigenvalue weighted by atomic mass is 16.5. The SMILES string of the molecule is O=C(CNC(=O)Nc1nc(-c2ccccc2)no1)NCC1CC1. The summed E-state index contributed by atoms with van der Waals surface area (Å²) in [5.41, 5.74) is 0.782. The average molecular weight is 315 g/mol. The van der Waals surface area contributed by atoms with Crippen LogP contribution in [-0.2, 0) is 4.79 Å². The molecule has 1 aromatic carbocycles. The molecule has 0 saturated heterocycles. The maximum Gasteiger partial charge on any atom is 0.329 e. The zero-order valence-corrected chi connectivity index (χ0v) is 12.4. The van der Waals surface area contributed by atoms with E-state index >= 15 is 0 Å². The standard InChI is InChI=1S/C15H17N5O3/c21-12(16-8-10-6-7-10)9-17-14(22)19-15-18-13(20-23-15)11-4-2-1-3-5-11/h1-5,10H,6-9H2,(H,16,21)(H2,17,18,19,20,22). The summed E-state index contributed by atoms with van der Waals surface area (Å²) in [4.78, 5) is 27.3. The lowest BCUT2D eigenvalue weighted by molar-refractivity contribution is -0.120. The number of carbonyl (C=O) groups excluding carboxylic acids is 2. The quantitative estimate of drug-likeness (QED) is 0.746. The first-order valence-corrected chi connectivity index (χ1v) is 7.41. The smallest absolute Gasteiger partial charge is 0.329 e. The number of hydrogen-bond donors (Lipinski definition) is 3. The molecular weight excluding hydrogens is 298 g/mol. The second kappa shape index (κ2) is 6.91. The number of rotatable bonds is 6. The number of nitrogens with one attached hydrogen (secondary N) is 3. The van der Waals surface area contributed by atoms with E-state index in [4.69, 9.17) is 4.52 Å². The van der Waals surface area contributed by atoms with E-state index in [0.717, 1.165) is 18.4 Å². The zero-order valence-electron chi connectivity index (χ0n) is 12.4. The molecule has 1 saturated carbocycles. The van der Waals surface area contributed by atoms with Crippen molar-refractivity contribution in [1.82, 2.24) is 20.8 Å². The Kier molecular flexibility index (Phi) is 4.51. The van der Waals surface area contributed by atoms with Crippen LogP contribution >= 0.6 is 0 Å². The Morgan fingerprint density at radius 3 is 2.70 bits per heavy atom. The Balaban J connectivity index is 1.44. The van der Waals surface area contributed by atoms with Crippen molar-refractivity contribution in [3.05, 3.63) is 30.3 Å². The largest absolute Gasteiger partial charge is 0.354 e. The predicted molar refractivity (Wildman–Crippen MR) is 82.5 cm³/mol. The van der Waals surface area contributed by atoms with Crippen molar-refractivity contribution in [2.45, 2.75) is 12.8 Å². The minimum absolute atomic E-state index is 0.0280. The third-order valence-electron chi connectivity index (χ3n) is 3.37. The molecule has 1 aliphatic carbocycles. The monoisotopic (exact) mass is 315 g/mol. The fourth-order valence-electron chi connectivity index (χ4n) is 1.92. The van der Waals surface area contributed by atoms with Crippen molar-refractivity contribution in [3.8, 4) is 11.4 Å². The van der Waals surface area contributed by atoms with Crippen LogP contribution in [0.15, 0.2) is 34.9 Å². The number of carbonyl (C=O) groups is 2. The van der Waals surface area contributed by atoms with Gasteiger partial charge < -0.3 is 15.2 Å². The van der Waals surface area contributed by atoms with Crippen LogP contribution in [0.2, 0.25) is 0 Å². The normalized spacial score (nSPS) is 13.4. The third kappa shape index (κ3) is 4.53. The molecule has 1 fully saturated rings. The molecule has 1 aliphatic rings. The maximum absolute atomic E-state index is 11.7. The van der Waals surface area contributed by atoms with Crippen molar-refractivity contribution in [2.24, 2.45) is 5.92 Å². The number of amides is 3. The van der Waals surface area contributed by atoms with Gasteiger partial charge in [0.1, 0.15) is 0 Å². The summed E-state index contributed by atoms with van der Waals surface area (Å²) in [6, 6.07) is 8.65. The summed E-state index contributed by atoms with van der Waals surface area (Å²) in [6.45, 7) is 0.574. The first kappa shape index (κ1) is 15.0. The molecule has 3 amide bonds.